The van der Waals surface area contributed by atoms with Crippen LogP contribution in [0.3, 0.4) is 0 Å². The van der Waals surface area contributed by atoms with Crippen LogP contribution in [0.1, 0.15) is 50.2 Å². The Morgan fingerprint density at radius 2 is 2.25 bits per heavy atom. The van der Waals surface area contributed by atoms with Gasteiger partial charge in [-0.1, -0.05) is 5.16 Å². The van der Waals surface area contributed by atoms with Gasteiger partial charge in [0.1, 0.15) is 0 Å². The Bertz CT molecular complexity index is 483. The predicted molar refractivity (Wildman–Crippen MR) is 73.2 cm³/mol. The van der Waals surface area contributed by atoms with E-state index in [1.807, 2.05) is 13.8 Å². The van der Waals surface area contributed by atoms with Crippen LogP contribution in [-0.4, -0.2) is 46.1 Å². The van der Waals surface area contributed by atoms with E-state index in [4.69, 9.17) is 4.52 Å². The van der Waals surface area contributed by atoms with Crippen molar-refractivity contribution in [1.82, 2.24) is 20.4 Å². The molecule has 2 heterocycles. The molecule has 6 heteroatoms. The van der Waals surface area contributed by atoms with Gasteiger partial charge in [-0.15, -0.1) is 0 Å². The molecular formula is C14H22N4O2. The summed E-state index contributed by atoms with van der Waals surface area (Å²) in [4.78, 5) is 18.7. The van der Waals surface area contributed by atoms with Gasteiger partial charge in [-0.05, 0) is 46.1 Å². The Hall–Kier alpha value is -1.43. The lowest BCUT2D eigenvalue weighted by Gasteiger charge is -2.34. The van der Waals surface area contributed by atoms with Crippen LogP contribution in [-0.2, 0) is 4.79 Å². The standard InChI is InChI=1S/C14H22N4O2/c1-9(13(19)16-12-5-6-12)18-7-3-4-11(8-18)14-15-10(2)17-20-14/h9,11-12H,3-8H2,1-2H3,(H,16,19)/t9-,11+/m1/s1. The van der Waals surface area contributed by atoms with Crippen molar-refractivity contribution in [2.45, 2.75) is 57.5 Å². The van der Waals surface area contributed by atoms with Gasteiger partial charge >= 0.3 is 0 Å². The number of hydrogen-bond donors (Lipinski definition) is 1. The van der Waals surface area contributed by atoms with E-state index in [9.17, 15) is 4.79 Å². The molecule has 1 amide bonds. The second-order valence-corrected chi connectivity index (χ2v) is 5.97. The first kappa shape index (κ1) is 13.5. The fourth-order valence-electron chi connectivity index (χ4n) is 2.75. The maximum absolute atomic E-state index is 12.1. The average molecular weight is 278 g/mol. The molecule has 1 N–H and O–H groups in total. The van der Waals surface area contributed by atoms with Crippen LogP contribution in [0.25, 0.3) is 0 Å². The minimum absolute atomic E-state index is 0.0811. The van der Waals surface area contributed by atoms with Crippen LogP contribution in [0.15, 0.2) is 4.52 Å². The van der Waals surface area contributed by atoms with Gasteiger partial charge in [-0.25, -0.2) is 0 Å². The maximum Gasteiger partial charge on any atom is 0.237 e. The van der Waals surface area contributed by atoms with Crippen molar-refractivity contribution in [3.63, 3.8) is 0 Å². The van der Waals surface area contributed by atoms with Crippen LogP contribution in [0.2, 0.25) is 0 Å². The number of likely N-dealkylation sites (tertiary alicyclic amines) is 1. The Morgan fingerprint density at radius 1 is 1.45 bits per heavy atom. The number of aryl methyl sites for hydroxylation is 1. The van der Waals surface area contributed by atoms with E-state index >= 15 is 0 Å². The lowest BCUT2D eigenvalue weighted by Crippen LogP contribution is -2.49. The van der Waals surface area contributed by atoms with E-state index in [1.54, 1.807) is 0 Å². The fourth-order valence-corrected chi connectivity index (χ4v) is 2.75. The number of rotatable bonds is 4. The molecule has 3 rings (SSSR count). The Kier molecular flexibility index (Phi) is 3.74. The molecule has 0 bridgehead atoms. The zero-order valence-corrected chi connectivity index (χ0v) is 12.1. The van der Waals surface area contributed by atoms with Gasteiger partial charge in [0.2, 0.25) is 11.8 Å². The van der Waals surface area contributed by atoms with Crippen LogP contribution < -0.4 is 5.32 Å². The van der Waals surface area contributed by atoms with Crippen molar-refractivity contribution >= 4 is 5.91 Å². The smallest absolute Gasteiger partial charge is 0.237 e. The number of nitrogens with one attached hydrogen (secondary N) is 1. The highest BCUT2D eigenvalue weighted by Crippen LogP contribution is 2.27. The molecule has 2 fully saturated rings. The third kappa shape index (κ3) is 3.00. The van der Waals surface area contributed by atoms with E-state index in [0.29, 0.717) is 17.8 Å². The third-order valence-electron chi connectivity index (χ3n) is 4.20. The van der Waals surface area contributed by atoms with E-state index in [0.717, 1.165) is 38.8 Å². The number of amides is 1. The summed E-state index contributed by atoms with van der Waals surface area (Å²) in [6.45, 7) is 5.60. The van der Waals surface area contributed by atoms with Crippen molar-refractivity contribution in [1.29, 1.82) is 0 Å². The van der Waals surface area contributed by atoms with Gasteiger partial charge < -0.3 is 9.84 Å². The molecule has 2 atom stereocenters. The first-order valence-corrected chi connectivity index (χ1v) is 7.48. The lowest BCUT2D eigenvalue weighted by atomic mass is 9.96. The summed E-state index contributed by atoms with van der Waals surface area (Å²) in [5.74, 6) is 1.79. The Morgan fingerprint density at radius 3 is 2.90 bits per heavy atom. The summed E-state index contributed by atoms with van der Waals surface area (Å²) in [5.41, 5.74) is 0. The number of piperidine rings is 1. The zero-order chi connectivity index (χ0) is 14.1. The molecule has 1 saturated heterocycles. The molecule has 0 aromatic carbocycles. The molecule has 110 valence electrons. The minimum atomic E-state index is -0.0811. The zero-order valence-electron chi connectivity index (χ0n) is 12.1. The first-order chi connectivity index (χ1) is 9.63. The van der Waals surface area contributed by atoms with Gasteiger partial charge in [0.25, 0.3) is 0 Å². The number of hydrogen-bond acceptors (Lipinski definition) is 5. The van der Waals surface area contributed by atoms with E-state index in [1.165, 1.54) is 0 Å². The molecule has 1 saturated carbocycles. The minimum Gasteiger partial charge on any atom is -0.352 e. The molecule has 1 aromatic rings. The summed E-state index contributed by atoms with van der Waals surface area (Å²) in [5, 5.41) is 6.94. The summed E-state index contributed by atoms with van der Waals surface area (Å²) in [7, 11) is 0. The van der Waals surface area contributed by atoms with Gasteiger partial charge in [0.15, 0.2) is 5.82 Å². The molecule has 0 spiro atoms. The largest absolute Gasteiger partial charge is 0.352 e. The SMILES string of the molecule is Cc1noc([C@H]2CCCN([C@H](C)C(=O)NC3CC3)C2)n1. The molecule has 1 aliphatic heterocycles. The normalized spacial score (nSPS) is 25.4. The van der Waals surface area contributed by atoms with Crippen molar-refractivity contribution < 1.29 is 9.32 Å². The van der Waals surface area contributed by atoms with Crippen LogP contribution in [0, 0.1) is 6.92 Å². The van der Waals surface area contributed by atoms with Gasteiger partial charge in [0, 0.05) is 12.6 Å². The Balaban J connectivity index is 1.60. The third-order valence-corrected chi connectivity index (χ3v) is 4.20. The molecule has 6 nitrogen and oxygen atoms in total. The highest BCUT2D eigenvalue weighted by atomic mass is 16.5. The average Bonchev–Trinajstić information content (AvgIpc) is 3.16. The number of carbonyl (C=O) groups excluding carboxylic acids is 1. The fraction of sp³-hybridized carbons (Fsp3) is 0.786. The summed E-state index contributed by atoms with van der Waals surface area (Å²) in [6, 6.07) is 0.339. The van der Waals surface area contributed by atoms with Crippen LogP contribution in [0.5, 0.6) is 0 Å². The van der Waals surface area contributed by atoms with Crippen molar-refractivity contribution in [2.75, 3.05) is 13.1 Å². The van der Waals surface area contributed by atoms with Gasteiger partial charge in [-0.2, -0.15) is 4.98 Å². The van der Waals surface area contributed by atoms with E-state index < -0.39 is 0 Å². The second-order valence-electron chi connectivity index (χ2n) is 5.97. The quantitative estimate of drug-likeness (QED) is 0.896. The molecule has 0 radical (unpaired) electrons. The van der Waals surface area contributed by atoms with Crippen molar-refractivity contribution in [3.8, 4) is 0 Å². The Labute approximate surface area is 118 Å². The number of nitrogens with zero attached hydrogens (tertiary/aromatic N) is 3. The van der Waals surface area contributed by atoms with E-state index in [-0.39, 0.29) is 17.9 Å². The predicted octanol–water partition coefficient (Wildman–Crippen LogP) is 1.22. The van der Waals surface area contributed by atoms with Crippen molar-refractivity contribution in [2.24, 2.45) is 0 Å². The van der Waals surface area contributed by atoms with E-state index in [2.05, 4.69) is 20.4 Å². The van der Waals surface area contributed by atoms with Gasteiger partial charge in [0.05, 0.1) is 12.0 Å². The summed E-state index contributed by atoms with van der Waals surface area (Å²) < 4.78 is 5.28. The number of carbonyl (C=O) groups is 1. The first-order valence-electron chi connectivity index (χ1n) is 7.48. The monoisotopic (exact) mass is 278 g/mol. The highest BCUT2D eigenvalue weighted by molar-refractivity contribution is 5.81. The summed E-state index contributed by atoms with van der Waals surface area (Å²) in [6.07, 6.45) is 4.37. The van der Waals surface area contributed by atoms with Crippen LogP contribution >= 0.6 is 0 Å². The molecule has 1 aromatic heterocycles. The summed E-state index contributed by atoms with van der Waals surface area (Å²) >= 11 is 0. The highest BCUT2D eigenvalue weighted by Gasteiger charge is 2.32. The van der Waals surface area contributed by atoms with Crippen LogP contribution in [0.4, 0.5) is 0 Å². The lowest BCUT2D eigenvalue weighted by molar-refractivity contribution is -0.126. The number of aromatic nitrogens is 2. The topological polar surface area (TPSA) is 71.3 Å². The molecule has 2 aliphatic rings. The molecule has 0 unspecified atom stereocenters. The second kappa shape index (κ2) is 5.52. The van der Waals surface area contributed by atoms with Crippen molar-refractivity contribution in [3.05, 3.63) is 11.7 Å². The van der Waals surface area contributed by atoms with Gasteiger partial charge in [-0.3, -0.25) is 9.69 Å². The molecule has 1 aliphatic carbocycles. The molecular weight excluding hydrogens is 256 g/mol. The maximum atomic E-state index is 12.1. The molecule has 20 heavy (non-hydrogen) atoms.